The Morgan fingerprint density at radius 1 is 1.00 bits per heavy atom. The van der Waals surface area contributed by atoms with E-state index in [-0.39, 0.29) is 43.9 Å². The van der Waals surface area contributed by atoms with Crippen LogP contribution in [0.15, 0.2) is 24.5 Å². The Morgan fingerprint density at radius 3 is 2.27 bits per heavy atom. The first kappa shape index (κ1) is 52.1. The number of hydrogen-bond donors (Lipinski definition) is 6. The Bertz CT molecular complexity index is 1560. The van der Waals surface area contributed by atoms with E-state index in [2.05, 4.69) is 15.6 Å². The van der Waals surface area contributed by atoms with Gasteiger partial charge < -0.3 is 69.1 Å². The smallest absolute Gasteiger partial charge is 0.407 e. The van der Waals surface area contributed by atoms with E-state index >= 15 is 0 Å². The van der Waals surface area contributed by atoms with Gasteiger partial charge >= 0.3 is 12.1 Å². The van der Waals surface area contributed by atoms with Gasteiger partial charge in [0.2, 0.25) is 0 Å². The number of likely N-dealkylation sites (N-methyl/N-ethyl adjacent to an activating group) is 1. The quantitative estimate of drug-likeness (QED) is 0.176. The van der Waals surface area contributed by atoms with E-state index in [4.69, 9.17) is 33.2 Å². The second-order valence-electron chi connectivity index (χ2n) is 19.1. The van der Waals surface area contributed by atoms with E-state index in [1.54, 1.807) is 60.9 Å². The molecule has 4 heterocycles. The topological polar surface area (TPSA) is 220 Å². The summed E-state index contributed by atoms with van der Waals surface area (Å²) < 4.78 is 43.9. The molecule has 356 valence electrons. The van der Waals surface area contributed by atoms with E-state index in [1.807, 2.05) is 45.0 Å². The number of cyclic esters (lactones) is 1. The Balaban J connectivity index is 1.75. The third-order valence-electron chi connectivity index (χ3n) is 13.3. The van der Waals surface area contributed by atoms with Crippen molar-refractivity contribution in [2.75, 3.05) is 34.3 Å². The molecule has 0 unspecified atom stereocenters. The van der Waals surface area contributed by atoms with Crippen LogP contribution >= 0.6 is 0 Å². The number of esters is 1. The maximum Gasteiger partial charge on any atom is 0.407 e. The van der Waals surface area contributed by atoms with Crippen LogP contribution in [0, 0.1) is 17.8 Å². The van der Waals surface area contributed by atoms with Crippen molar-refractivity contribution in [3.8, 4) is 0 Å². The van der Waals surface area contributed by atoms with E-state index in [9.17, 15) is 30.0 Å². The van der Waals surface area contributed by atoms with E-state index in [0.717, 1.165) is 5.56 Å². The van der Waals surface area contributed by atoms with Crippen LogP contribution in [0.4, 0.5) is 4.79 Å². The highest BCUT2D eigenvalue weighted by Gasteiger charge is 2.53. The minimum Gasteiger partial charge on any atom is -0.459 e. The van der Waals surface area contributed by atoms with Crippen LogP contribution in [0.2, 0.25) is 0 Å². The lowest BCUT2D eigenvalue weighted by Gasteiger charge is -2.48. The molecule has 3 fully saturated rings. The Labute approximate surface area is 368 Å². The summed E-state index contributed by atoms with van der Waals surface area (Å²) in [6, 6.07) is 2.74. The number of nitrogens with zero attached hydrogens (tertiary/aromatic N) is 2. The first-order chi connectivity index (χ1) is 28.9. The number of pyridine rings is 1. The number of alkyl carbamates (subject to hydrolysis) is 1. The summed E-state index contributed by atoms with van der Waals surface area (Å²) >= 11 is 0. The number of carbonyl (C=O) groups is 2. The first-order valence-corrected chi connectivity index (χ1v) is 22.4. The number of methoxy groups -OCH3 is 1. The van der Waals surface area contributed by atoms with Crippen molar-refractivity contribution in [1.29, 1.82) is 0 Å². The summed E-state index contributed by atoms with van der Waals surface area (Å²) in [5, 5.41) is 53.9. The molecule has 0 aliphatic carbocycles. The lowest BCUT2D eigenvalue weighted by Crippen LogP contribution is -2.61. The molecule has 3 aliphatic heterocycles. The van der Waals surface area contributed by atoms with Gasteiger partial charge in [-0.1, -0.05) is 20.8 Å². The van der Waals surface area contributed by atoms with Crippen LogP contribution in [0.1, 0.15) is 100 Å². The van der Waals surface area contributed by atoms with Gasteiger partial charge in [-0.3, -0.25) is 9.78 Å². The van der Waals surface area contributed by atoms with Crippen molar-refractivity contribution < 1.29 is 63.2 Å². The fourth-order valence-electron chi connectivity index (χ4n) is 9.59. The number of aromatic nitrogens is 1. The summed E-state index contributed by atoms with van der Waals surface area (Å²) in [6.45, 7) is 18.0. The maximum atomic E-state index is 14.6. The number of amides is 1. The van der Waals surface area contributed by atoms with Crippen LogP contribution in [-0.2, 0) is 44.4 Å². The molecule has 17 nitrogen and oxygen atoms in total. The maximum absolute atomic E-state index is 14.6. The number of carbonyl (C=O) groups excluding carboxylic acids is 2. The third kappa shape index (κ3) is 12.8. The Morgan fingerprint density at radius 2 is 1.66 bits per heavy atom. The highest BCUT2D eigenvalue weighted by Crippen LogP contribution is 2.40. The van der Waals surface area contributed by atoms with Gasteiger partial charge in [0.25, 0.3) is 0 Å². The van der Waals surface area contributed by atoms with E-state index in [0.29, 0.717) is 19.4 Å². The highest BCUT2D eigenvalue weighted by atomic mass is 16.7. The van der Waals surface area contributed by atoms with Gasteiger partial charge in [0.15, 0.2) is 18.7 Å². The van der Waals surface area contributed by atoms with Crippen LogP contribution in [-0.4, -0.2) is 167 Å². The second-order valence-corrected chi connectivity index (χ2v) is 19.1. The molecule has 62 heavy (non-hydrogen) atoms. The molecule has 18 atom stereocenters. The summed E-state index contributed by atoms with van der Waals surface area (Å²) in [5.74, 6) is -2.83. The lowest BCUT2D eigenvalue weighted by atomic mass is 9.77. The summed E-state index contributed by atoms with van der Waals surface area (Å²) in [6.07, 6.45) is -5.58. The molecule has 17 heteroatoms. The largest absolute Gasteiger partial charge is 0.459 e. The summed E-state index contributed by atoms with van der Waals surface area (Å²) in [7, 11) is 5.25. The predicted molar refractivity (Wildman–Crippen MR) is 230 cm³/mol. The van der Waals surface area contributed by atoms with Gasteiger partial charge in [-0.15, -0.1) is 0 Å². The summed E-state index contributed by atoms with van der Waals surface area (Å²) in [5.41, 5.74) is -3.60. The molecule has 0 aromatic carbocycles. The molecule has 0 bridgehead atoms. The molecular weight excluding hydrogens is 805 g/mol. The molecular formula is C45H78N4O13. The Kier molecular flexibility index (Phi) is 18.6. The van der Waals surface area contributed by atoms with Crippen molar-refractivity contribution in [3.63, 3.8) is 0 Å². The number of aliphatic hydroxyl groups is 4. The van der Waals surface area contributed by atoms with E-state index < -0.39 is 102 Å². The molecule has 0 radical (unpaired) electrons. The summed E-state index contributed by atoms with van der Waals surface area (Å²) in [4.78, 5) is 33.9. The Hall–Kier alpha value is -2.55. The molecule has 1 aromatic heterocycles. The van der Waals surface area contributed by atoms with Crippen molar-refractivity contribution in [3.05, 3.63) is 30.1 Å². The van der Waals surface area contributed by atoms with Crippen LogP contribution in [0.3, 0.4) is 0 Å². The molecule has 1 amide bonds. The predicted octanol–water partition coefficient (Wildman–Crippen LogP) is 2.93. The lowest BCUT2D eigenvalue weighted by molar-refractivity contribution is -0.318. The van der Waals surface area contributed by atoms with Crippen LogP contribution in [0.25, 0.3) is 0 Å². The normalized spacial score (nSPS) is 42.9. The van der Waals surface area contributed by atoms with Gasteiger partial charge in [-0.05, 0) is 118 Å². The fraction of sp³-hybridized carbons (Fsp3) is 0.844. The van der Waals surface area contributed by atoms with Gasteiger partial charge in [0, 0.05) is 50.5 Å². The van der Waals surface area contributed by atoms with Gasteiger partial charge in [0.05, 0.1) is 41.5 Å². The SMILES string of the molecule is CC[C@H]1OC(=O)[C@H](C)[C@@H](O[C@H]2C[C@@](C)(OC)[C@@H](O)[C@H](C)O2)[C@H](C)[C@@H](O[C@@H]2O[C@H](C)C[C@H](N(C)C)[C@H]2O)[C@](C)(O)C[C@@H](C)CN[C@H](C)[C@@H](OC(=O)NCCc2ccncc2)[C@]1(C)O. The number of aliphatic hydroxyl groups excluding tert-OH is 2. The number of nitrogens with one attached hydrogen (secondary N) is 2. The number of ether oxygens (including phenoxy) is 7. The molecule has 1 aromatic rings. The third-order valence-corrected chi connectivity index (χ3v) is 13.3. The number of rotatable bonds is 11. The average molecular weight is 883 g/mol. The van der Waals surface area contributed by atoms with Crippen molar-refractivity contribution in [2.45, 2.75) is 192 Å². The van der Waals surface area contributed by atoms with Crippen LogP contribution in [0.5, 0.6) is 0 Å². The monoisotopic (exact) mass is 883 g/mol. The second kappa shape index (κ2) is 22.1. The molecule has 3 saturated heterocycles. The van der Waals surface area contributed by atoms with Crippen molar-refractivity contribution >= 4 is 12.1 Å². The average Bonchev–Trinajstić information content (AvgIpc) is 3.21. The number of hydrogen-bond acceptors (Lipinski definition) is 16. The standard InChI is InChI=1S/C45H78N4O13/c1-14-33-45(10,55)39(62-42(53)47-20-17-31-15-18-46-19-16-31)29(6)48-24-25(2)22-43(8,54)38(61-41-35(50)32(49(11)12)21-26(3)57-41)27(4)36(28(5)40(52)59-33)60-34-23-44(9,56-13)37(51)30(7)58-34/h15-16,18-19,25-30,32-39,41,48,50-51,54-55H,14,17,20-24H2,1-13H3,(H,47,53)/t25-,26-,27+,28-,29-,30+,32+,33-,34+,35-,36+,37+,38-,39-,41+,43-,44-,45-/m1/s1. The van der Waals surface area contributed by atoms with Crippen molar-refractivity contribution in [2.24, 2.45) is 17.8 Å². The van der Waals surface area contributed by atoms with Gasteiger partial charge in [0.1, 0.15) is 23.9 Å². The minimum atomic E-state index is -1.89. The fourth-order valence-corrected chi connectivity index (χ4v) is 9.59. The zero-order chi connectivity index (χ0) is 46.3. The van der Waals surface area contributed by atoms with Gasteiger partial charge in [-0.2, -0.15) is 0 Å². The van der Waals surface area contributed by atoms with Crippen LogP contribution < -0.4 is 10.6 Å². The molecule has 3 aliphatic rings. The van der Waals surface area contributed by atoms with Gasteiger partial charge in [-0.25, -0.2) is 4.79 Å². The van der Waals surface area contributed by atoms with Crippen molar-refractivity contribution in [1.82, 2.24) is 20.5 Å². The molecule has 6 N–H and O–H groups in total. The molecule has 0 spiro atoms. The minimum absolute atomic E-state index is 0.102. The highest BCUT2D eigenvalue weighted by molar-refractivity contribution is 5.73. The zero-order valence-corrected chi connectivity index (χ0v) is 39.3. The molecule has 4 rings (SSSR count). The first-order valence-electron chi connectivity index (χ1n) is 22.4. The zero-order valence-electron chi connectivity index (χ0n) is 39.3. The van der Waals surface area contributed by atoms with E-state index in [1.165, 1.54) is 14.0 Å². The molecule has 0 saturated carbocycles.